The molecule has 0 bridgehead atoms. The van der Waals surface area contributed by atoms with Crippen molar-refractivity contribution in [1.29, 1.82) is 0 Å². The lowest BCUT2D eigenvalue weighted by atomic mass is 10.2. The Morgan fingerprint density at radius 1 is 1.38 bits per heavy atom. The van der Waals surface area contributed by atoms with Crippen molar-refractivity contribution in [2.24, 2.45) is 0 Å². The van der Waals surface area contributed by atoms with Crippen LogP contribution >= 0.6 is 11.8 Å². The first kappa shape index (κ1) is 18.2. The lowest BCUT2D eigenvalue weighted by Gasteiger charge is -2.22. The summed E-state index contributed by atoms with van der Waals surface area (Å²) in [5, 5.41) is 11.4. The number of hydrogen-bond acceptors (Lipinski definition) is 5. The first-order valence-electron chi connectivity index (χ1n) is 8.08. The van der Waals surface area contributed by atoms with Gasteiger partial charge in [0, 0.05) is 28.8 Å². The van der Waals surface area contributed by atoms with Crippen LogP contribution in [0.5, 0.6) is 5.75 Å². The van der Waals surface area contributed by atoms with E-state index in [2.05, 4.69) is 6.92 Å². The predicted octanol–water partition coefficient (Wildman–Crippen LogP) is 4.03. The maximum atomic E-state index is 13.4. The summed E-state index contributed by atoms with van der Waals surface area (Å²) < 4.78 is 18.7. The van der Waals surface area contributed by atoms with Gasteiger partial charge in [0.1, 0.15) is 5.82 Å². The van der Waals surface area contributed by atoms with Gasteiger partial charge in [-0.2, -0.15) is 0 Å². The first-order chi connectivity index (χ1) is 12.5. The van der Waals surface area contributed by atoms with E-state index in [1.807, 2.05) is 24.3 Å². The number of carbonyl (C=O) groups is 1. The highest BCUT2D eigenvalue weighted by molar-refractivity contribution is 8.00. The van der Waals surface area contributed by atoms with Gasteiger partial charge in [0.2, 0.25) is 5.75 Å². The van der Waals surface area contributed by atoms with E-state index in [0.29, 0.717) is 11.8 Å². The zero-order chi connectivity index (χ0) is 18.7. The van der Waals surface area contributed by atoms with E-state index in [1.165, 1.54) is 0 Å². The lowest BCUT2D eigenvalue weighted by Crippen LogP contribution is -2.36. The number of amides is 1. The Bertz CT molecular complexity index is 846. The summed E-state index contributed by atoms with van der Waals surface area (Å²) in [4.78, 5) is 25.7. The number of nitrogens with zero attached hydrogens (tertiary/aromatic N) is 2. The molecule has 1 amide bonds. The number of hydrogen-bond donors (Lipinski definition) is 0. The minimum Gasteiger partial charge on any atom is -0.477 e. The maximum absolute atomic E-state index is 13.4. The number of nitro groups is 1. The summed E-state index contributed by atoms with van der Waals surface area (Å²) >= 11 is 1.70. The molecule has 0 N–H and O–H groups in total. The Morgan fingerprint density at radius 3 is 2.92 bits per heavy atom. The number of ether oxygens (including phenoxy) is 1. The number of halogens is 1. The van der Waals surface area contributed by atoms with Crippen molar-refractivity contribution >= 4 is 29.0 Å². The summed E-state index contributed by atoms with van der Waals surface area (Å²) in [6, 6.07) is 10.5. The standard InChI is InChI=1S/C18H17FN2O4S/c1-12-8-9-20(15-4-2-3-5-17(15)26-12)18(22)11-25-16-10-13(19)6-7-14(16)21(23)24/h2-7,10,12H,8-9,11H2,1H3/t12-/m1/s1. The van der Waals surface area contributed by atoms with E-state index in [0.717, 1.165) is 35.2 Å². The molecule has 0 fully saturated rings. The topological polar surface area (TPSA) is 72.7 Å². The largest absolute Gasteiger partial charge is 0.477 e. The summed E-state index contributed by atoms with van der Waals surface area (Å²) in [5.41, 5.74) is 0.420. The molecule has 1 atom stereocenters. The monoisotopic (exact) mass is 376 g/mol. The number of benzene rings is 2. The fourth-order valence-corrected chi connectivity index (χ4v) is 3.83. The average Bonchev–Trinajstić information content (AvgIpc) is 2.77. The smallest absolute Gasteiger partial charge is 0.311 e. The van der Waals surface area contributed by atoms with E-state index >= 15 is 0 Å². The molecule has 1 aliphatic heterocycles. The molecule has 26 heavy (non-hydrogen) atoms. The van der Waals surface area contributed by atoms with Crippen LogP contribution in [0.2, 0.25) is 0 Å². The number of anilines is 1. The van der Waals surface area contributed by atoms with Crippen LogP contribution in [0.1, 0.15) is 13.3 Å². The van der Waals surface area contributed by atoms with Gasteiger partial charge in [-0.05, 0) is 24.6 Å². The molecular formula is C18H17FN2O4S. The van der Waals surface area contributed by atoms with Crippen LogP contribution in [0.4, 0.5) is 15.8 Å². The van der Waals surface area contributed by atoms with Crippen LogP contribution in [0.15, 0.2) is 47.4 Å². The van der Waals surface area contributed by atoms with Gasteiger partial charge in [-0.25, -0.2) is 4.39 Å². The molecule has 0 aliphatic carbocycles. The summed E-state index contributed by atoms with van der Waals surface area (Å²) in [6.07, 6.45) is 0.811. The molecule has 0 saturated heterocycles. The molecule has 0 saturated carbocycles. The highest BCUT2D eigenvalue weighted by Crippen LogP contribution is 2.37. The van der Waals surface area contributed by atoms with Crippen LogP contribution in [0, 0.1) is 15.9 Å². The Balaban J connectivity index is 1.79. The van der Waals surface area contributed by atoms with Gasteiger partial charge >= 0.3 is 5.69 Å². The van der Waals surface area contributed by atoms with Crippen LogP contribution in [0.25, 0.3) is 0 Å². The van der Waals surface area contributed by atoms with Gasteiger partial charge in [-0.1, -0.05) is 19.1 Å². The Labute approximate surface area is 154 Å². The average molecular weight is 376 g/mol. The Kier molecular flexibility index (Phi) is 5.41. The molecule has 8 heteroatoms. The molecule has 1 aliphatic rings. The van der Waals surface area contributed by atoms with Crippen LogP contribution < -0.4 is 9.64 Å². The Hall–Kier alpha value is -2.61. The van der Waals surface area contributed by atoms with E-state index in [4.69, 9.17) is 4.74 Å². The lowest BCUT2D eigenvalue weighted by molar-refractivity contribution is -0.385. The normalized spacial score (nSPS) is 16.5. The fraction of sp³-hybridized carbons (Fsp3) is 0.278. The zero-order valence-corrected chi connectivity index (χ0v) is 14.9. The molecule has 3 rings (SSSR count). The van der Waals surface area contributed by atoms with Gasteiger partial charge in [0.25, 0.3) is 5.91 Å². The number of carbonyl (C=O) groups excluding carboxylic acids is 1. The molecule has 6 nitrogen and oxygen atoms in total. The minimum atomic E-state index is -0.668. The highest BCUT2D eigenvalue weighted by atomic mass is 32.2. The number of para-hydroxylation sites is 1. The SMILES string of the molecule is C[C@@H]1CCN(C(=O)COc2cc(F)ccc2[N+](=O)[O-])c2ccccc2S1. The molecule has 0 spiro atoms. The van der Waals surface area contributed by atoms with Crippen LogP contribution in [-0.2, 0) is 4.79 Å². The summed E-state index contributed by atoms with van der Waals surface area (Å²) in [7, 11) is 0. The van der Waals surface area contributed by atoms with Crippen molar-refractivity contribution in [3.8, 4) is 5.75 Å². The second-order valence-electron chi connectivity index (χ2n) is 5.89. The molecular weight excluding hydrogens is 359 g/mol. The molecule has 0 unspecified atom stereocenters. The van der Waals surface area contributed by atoms with E-state index < -0.39 is 17.3 Å². The van der Waals surface area contributed by atoms with Gasteiger partial charge in [0.05, 0.1) is 10.6 Å². The van der Waals surface area contributed by atoms with Gasteiger partial charge in [-0.15, -0.1) is 11.8 Å². The fourth-order valence-electron chi connectivity index (χ4n) is 2.72. The number of nitro benzene ring substituents is 1. The predicted molar refractivity (Wildman–Crippen MR) is 97.3 cm³/mol. The third kappa shape index (κ3) is 3.96. The highest BCUT2D eigenvalue weighted by Gasteiger charge is 2.25. The molecule has 1 heterocycles. The van der Waals surface area contributed by atoms with E-state index in [-0.39, 0.29) is 17.3 Å². The second-order valence-corrected chi connectivity index (χ2v) is 7.37. The summed E-state index contributed by atoms with van der Waals surface area (Å²) in [6.45, 7) is 2.22. The molecule has 2 aromatic carbocycles. The second kappa shape index (κ2) is 7.74. The Morgan fingerprint density at radius 2 is 2.15 bits per heavy atom. The molecule has 0 radical (unpaired) electrons. The van der Waals surface area contributed by atoms with Gasteiger partial charge < -0.3 is 9.64 Å². The number of rotatable bonds is 4. The van der Waals surface area contributed by atoms with Crippen LogP contribution in [0.3, 0.4) is 0 Å². The van der Waals surface area contributed by atoms with Gasteiger partial charge in [0.15, 0.2) is 6.61 Å². The van der Waals surface area contributed by atoms with E-state index in [9.17, 15) is 19.3 Å². The first-order valence-corrected chi connectivity index (χ1v) is 8.96. The van der Waals surface area contributed by atoms with Crippen molar-refractivity contribution in [1.82, 2.24) is 0 Å². The van der Waals surface area contributed by atoms with Crippen molar-refractivity contribution in [2.45, 2.75) is 23.5 Å². The third-order valence-corrected chi connectivity index (χ3v) is 5.25. The van der Waals surface area contributed by atoms with Crippen molar-refractivity contribution < 1.29 is 18.8 Å². The summed E-state index contributed by atoms with van der Waals surface area (Å²) in [5.74, 6) is -1.25. The number of thioether (sulfide) groups is 1. The zero-order valence-electron chi connectivity index (χ0n) is 14.1. The van der Waals surface area contributed by atoms with E-state index in [1.54, 1.807) is 16.7 Å². The van der Waals surface area contributed by atoms with Crippen LogP contribution in [-0.4, -0.2) is 29.2 Å². The van der Waals surface area contributed by atoms with Crippen molar-refractivity contribution in [2.75, 3.05) is 18.1 Å². The van der Waals surface area contributed by atoms with Gasteiger partial charge in [-0.3, -0.25) is 14.9 Å². The molecule has 136 valence electrons. The minimum absolute atomic E-state index is 0.255. The number of fused-ring (bicyclic) bond motifs is 1. The molecule has 0 aromatic heterocycles. The van der Waals surface area contributed by atoms with Crippen molar-refractivity contribution in [3.63, 3.8) is 0 Å². The van der Waals surface area contributed by atoms with Crippen molar-refractivity contribution in [3.05, 3.63) is 58.4 Å². The quantitative estimate of drug-likeness (QED) is 0.595. The maximum Gasteiger partial charge on any atom is 0.311 e. The molecule has 2 aromatic rings. The third-order valence-electron chi connectivity index (χ3n) is 4.01.